The summed E-state index contributed by atoms with van der Waals surface area (Å²) in [5, 5.41) is 7.19. The Morgan fingerprint density at radius 2 is 1.97 bits per heavy atom. The molecule has 1 saturated heterocycles. The van der Waals surface area contributed by atoms with Crippen LogP contribution in [0.4, 0.5) is 16.2 Å². The van der Waals surface area contributed by atoms with E-state index >= 15 is 0 Å². The van der Waals surface area contributed by atoms with E-state index in [1.807, 2.05) is 20.8 Å². The van der Waals surface area contributed by atoms with Crippen LogP contribution in [0.2, 0.25) is 0 Å². The second kappa shape index (κ2) is 9.39. The number of fused-ring (bicyclic) bond motifs is 1. The Labute approximate surface area is 197 Å². The van der Waals surface area contributed by atoms with E-state index in [-0.39, 0.29) is 17.9 Å². The van der Waals surface area contributed by atoms with E-state index in [1.165, 1.54) is 0 Å². The van der Waals surface area contributed by atoms with Crippen LogP contribution in [-0.4, -0.2) is 46.7 Å². The lowest BCUT2D eigenvalue weighted by molar-refractivity contribution is -0.119. The summed E-state index contributed by atoms with van der Waals surface area (Å²) in [6.45, 7) is 7.19. The van der Waals surface area contributed by atoms with Crippen LogP contribution in [0.15, 0.2) is 16.9 Å². The molecule has 2 aromatic heterocycles. The molecule has 1 aliphatic carbocycles. The quantitative estimate of drug-likeness (QED) is 0.545. The SMILES string of the molecule is CC(C)(C)OC(=O)N(c1c(Br)cnc2[nH]cc(NC(=O)C3CCCC3)c12)[C@@H]1CCCNC1. The van der Waals surface area contributed by atoms with Crippen LogP contribution in [0, 0.1) is 5.92 Å². The highest BCUT2D eigenvalue weighted by atomic mass is 79.9. The lowest BCUT2D eigenvalue weighted by atomic mass is 10.0. The number of halogens is 1. The highest BCUT2D eigenvalue weighted by molar-refractivity contribution is 9.10. The van der Waals surface area contributed by atoms with Gasteiger partial charge in [0, 0.05) is 24.9 Å². The molecule has 9 heteroatoms. The average Bonchev–Trinajstić information content (AvgIpc) is 3.40. The average molecular weight is 506 g/mol. The van der Waals surface area contributed by atoms with Gasteiger partial charge in [-0.15, -0.1) is 0 Å². The second-order valence-electron chi connectivity index (χ2n) is 9.70. The second-order valence-corrected chi connectivity index (χ2v) is 10.6. The van der Waals surface area contributed by atoms with Crippen molar-refractivity contribution in [3.63, 3.8) is 0 Å². The van der Waals surface area contributed by atoms with E-state index < -0.39 is 11.7 Å². The van der Waals surface area contributed by atoms with E-state index in [2.05, 4.69) is 36.5 Å². The van der Waals surface area contributed by atoms with Gasteiger partial charge in [-0.1, -0.05) is 12.8 Å². The number of aromatic amines is 1. The molecule has 1 saturated carbocycles. The summed E-state index contributed by atoms with van der Waals surface area (Å²) in [6, 6.07) is -0.0752. The van der Waals surface area contributed by atoms with Crippen LogP contribution >= 0.6 is 15.9 Å². The lowest BCUT2D eigenvalue weighted by Gasteiger charge is -2.36. The van der Waals surface area contributed by atoms with Gasteiger partial charge in [0.2, 0.25) is 5.91 Å². The number of ether oxygens (including phenoxy) is 1. The van der Waals surface area contributed by atoms with Crippen LogP contribution in [-0.2, 0) is 9.53 Å². The number of rotatable bonds is 4. The van der Waals surface area contributed by atoms with Crippen molar-refractivity contribution < 1.29 is 14.3 Å². The van der Waals surface area contributed by atoms with Gasteiger partial charge in [0.25, 0.3) is 0 Å². The van der Waals surface area contributed by atoms with Crippen molar-refractivity contribution in [2.24, 2.45) is 5.92 Å². The molecule has 3 N–H and O–H groups in total. The van der Waals surface area contributed by atoms with E-state index in [4.69, 9.17) is 4.74 Å². The number of hydrogen-bond donors (Lipinski definition) is 3. The van der Waals surface area contributed by atoms with Crippen molar-refractivity contribution in [3.05, 3.63) is 16.9 Å². The number of amides is 2. The molecule has 0 radical (unpaired) electrons. The van der Waals surface area contributed by atoms with E-state index in [0.29, 0.717) is 33.4 Å². The Morgan fingerprint density at radius 1 is 1.22 bits per heavy atom. The number of hydrogen-bond acceptors (Lipinski definition) is 5. The fourth-order valence-corrected chi connectivity index (χ4v) is 5.09. The first-order valence-corrected chi connectivity index (χ1v) is 12.2. The van der Waals surface area contributed by atoms with E-state index in [1.54, 1.807) is 17.3 Å². The molecule has 0 spiro atoms. The van der Waals surface area contributed by atoms with Crippen molar-refractivity contribution in [1.29, 1.82) is 0 Å². The van der Waals surface area contributed by atoms with Crippen LogP contribution in [0.5, 0.6) is 0 Å². The fraction of sp³-hybridized carbons (Fsp3) is 0.609. The molecule has 1 atom stereocenters. The van der Waals surface area contributed by atoms with Gasteiger partial charge in [-0.2, -0.15) is 0 Å². The zero-order valence-electron chi connectivity index (χ0n) is 19.0. The highest BCUT2D eigenvalue weighted by Crippen LogP contribution is 2.40. The van der Waals surface area contributed by atoms with Crippen LogP contribution < -0.4 is 15.5 Å². The van der Waals surface area contributed by atoms with Crippen LogP contribution in [0.3, 0.4) is 0 Å². The molecule has 0 unspecified atom stereocenters. The Hall–Kier alpha value is -2.13. The maximum absolute atomic E-state index is 13.5. The number of carbonyl (C=O) groups is 2. The third-order valence-corrected chi connectivity index (χ3v) is 6.66. The Kier molecular flexibility index (Phi) is 6.76. The number of piperidine rings is 1. The van der Waals surface area contributed by atoms with Crippen molar-refractivity contribution in [2.45, 2.75) is 70.9 Å². The first kappa shape index (κ1) is 23.0. The van der Waals surface area contributed by atoms with Crippen LogP contribution in [0.25, 0.3) is 11.0 Å². The molecule has 32 heavy (non-hydrogen) atoms. The first-order valence-electron chi connectivity index (χ1n) is 11.4. The zero-order chi connectivity index (χ0) is 22.9. The van der Waals surface area contributed by atoms with Gasteiger partial charge in [0.15, 0.2) is 0 Å². The molecular weight excluding hydrogens is 474 g/mol. The van der Waals surface area contributed by atoms with Crippen molar-refractivity contribution >= 4 is 50.3 Å². The predicted octanol–water partition coefficient (Wildman–Crippen LogP) is 4.95. The topological polar surface area (TPSA) is 99.3 Å². The normalized spacial score (nSPS) is 19.8. The van der Waals surface area contributed by atoms with Crippen LogP contribution in [0.1, 0.15) is 59.3 Å². The molecule has 0 bridgehead atoms. The van der Waals surface area contributed by atoms with E-state index in [0.717, 1.165) is 45.1 Å². The predicted molar refractivity (Wildman–Crippen MR) is 129 cm³/mol. The number of nitrogens with zero attached hydrogens (tertiary/aromatic N) is 2. The molecule has 2 amide bonds. The maximum Gasteiger partial charge on any atom is 0.415 e. The minimum atomic E-state index is -0.631. The summed E-state index contributed by atoms with van der Waals surface area (Å²) < 4.78 is 6.49. The van der Waals surface area contributed by atoms with Gasteiger partial charge in [0.1, 0.15) is 11.2 Å². The smallest absolute Gasteiger partial charge is 0.415 e. The minimum absolute atomic E-state index is 0.0254. The Morgan fingerprint density at radius 3 is 2.62 bits per heavy atom. The summed E-state index contributed by atoms with van der Waals surface area (Å²) in [5.74, 6) is 0.0606. The molecule has 2 aromatic rings. The standard InChI is InChI=1S/C23H32BrN5O3/c1-23(2,3)32-22(31)29(15-9-6-10-25-11-15)19-16(24)12-26-20-18(19)17(13-27-20)28-21(30)14-7-4-5-8-14/h12-15,25H,4-11H2,1-3H3,(H,26,27)(H,28,30)/t15-/m1/s1. The molecule has 8 nitrogen and oxygen atoms in total. The van der Waals surface area contributed by atoms with Gasteiger partial charge < -0.3 is 20.4 Å². The summed E-state index contributed by atoms with van der Waals surface area (Å²) in [4.78, 5) is 35.7. The molecular formula is C23H32BrN5O3. The molecule has 2 aliphatic rings. The summed E-state index contributed by atoms with van der Waals surface area (Å²) in [7, 11) is 0. The van der Waals surface area contributed by atoms with Gasteiger partial charge >= 0.3 is 6.09 Å². The molecule has 2 fully saturated rings. The summed E-state index contributed by atoms with van der Waals surface area (Å²) in [5.41, 5.74) is 1.29. The first-order chi connectivity index (χ1) is 15.2. The number of H-pyrrole nitrogens is 1. The Balaban J connectivity index is 1.77. The highest BCUT2D eigenvalue weighted by Gasteiger charge is 2.34. The number of pyridine rings is 1. The minimum Gasteiger partial charge on any atom is -0.443 e. The molecule has 1 aliphatic heterocycles. The van der Waals surface area contributed by atoms with Crippen molar-refractivity contribution in [1.82, 2.24) is 15.3 Å². The van der Waals surface area contributed by atoms with E-state index in [9.17, 15) is 9.59 Å². The number of carbonyl (C=O) groups excluding carboxylic acids is 2. The summed E-state index contributed by atoms with van der Waals surface area (Å²) >= 11 is 3.63. The van der Waals surface area contributed by atoms with Crippen molar-refractivity contribution in [2.75, 3.05) is 23.3 Å². The summed E-state index contributed by atoms with van der Waals surface area (Å²) in [6.07, 6.45) is 8.87. The van der Waals surface area contributed by atoms with Crippen molar-refractivity contribution in [3.8, 4) is 0 Å². The molecule has 0 aromatic carbocycles. The fourth-order valence-electron chi connectivity index (χ4n) is 4.60. The largest absolute Gasteiger partial charge is 0.443 e. The van der Waals surface area contributed by atoms with Gasteiger partial charge in [0.05, 0.1) is 27.3 Å². The molecule has 4 rings (SSSR count). The van der Waals surface area contributed by atoms with Gasteiger partial charge in [-0.25, -0.2) is 9.78 Å². The third-order valence-electron chi connectivity index (χ3n) is 6.08. The maximum atomic E-state index is 13.5. The third kappa shape index (κ3) is 4.93. The number of nitrogens with one attached hydrogen (secondary N) is 3. The lowest BCUT2D eigenvalue weighted by Crippen LogP contribution is -2.50. The number of anilines is 2. The molecule has 3 heterocycles. The van der Waals surface area contributed by atoms with Gasteiger partial charge in [-0.3, -0.25) is 9.69 Å². The number of aromatic nitrogens is 2. The monoisotopic (exact) mass is 505 g/mol. The molecule has 174 valence electrons. The van der Waals surface area contributed by atoms with Gasteiger partial charge in [-0.05, 0) is 68.9 Å². The Bertz CT molecular complexity index is 987. The zero-order valence-corrected chi connectivity index (χ0v) is 20.5.